The van der Waals surface area contributed by atoms with Crippen molar-refractivity contribution >= 4 is 93.1 Å². The number of nitrogens with zero attached hydrogens (tertiary/aromatic N) is 5. The molecule has 0 saturated carbocycles. The van der Waals surface area contributed by atoms with Crippen molar-refractivity contribution in [1.29, 1.82) is 0 Å². The van der Waals surface area contributed by atoms with Gasteiger partial charge in [-0.3, -0.25) is 13.9 Å². The smallest absolute Gasteiger partial charge is 0.872 e. The molecule has 0 aliphatic carbocycles. The van der Waals surface area contributed by atoms with Crippen molar-refractivity contribution in [3.05, 3.63) is 126 Å². The van der Waals surface area contributed by atoms with Crippen molar-refractivity contribution < 1.29 is 145 Å². The average Bonchev–Trinajstić information content (AvgIpc) is 3.69. The van der Waals surface area contributed by atoms with Crippen molar-refractivity contribution in [2.75, 3.05) is 5.32 Å². The minimum atomic E-state index is -5.08. The molecule has 316 valence electrons. The van der Waals surface area contributed by atoms with E-state index >= 15 is 0 Å². The topological polar surface area (TPSA) is 322 Å². The van der Waals surface area contributed by atoms with Crippen LogP contribution < -0.4 is 109 Å². The van der Waals surface area contributed by atoms with E-state index in [0.717, 1.165) is 18.2 Å². The van der Waals surface area contributed by atoms with E-state index < -0.39 is 70.4 Å². The Morgan fingerprint density at radius 1 is 0.652 bits per heavy atom. The molecule has 7 aromatic carbocycles. The quantitative estimate of drug-likeness (QED) is 0.0584. The summed E-state index contributed by atoms with van der Waals surface area (Å²) in [4.78, 5) is 30.6. The van der Waals surface area contributed by atoms with Gasteiger partial charge in [0.2, 0.25) is 0 Å². The zero-order chi connectivity index (χ0) is 45.0. The number of carbonyl (C=O) groups is 2. The van der Waals surface area contributed by atoms with Crippen molar-refractivity contribution in [1.82, 2.24) is 9.97 Å². The van der Waals surface area contributed by atoms with Crippen LogP contribution in [0.4, 0.5) is 28.4 Å². The number of hydrogen-bond donors (Lipinski definition) is 5. The summed E-state index contributed by atoms with van der Waals surface area (Å²) < 4.78 is 69.5. The number of rotatable bonds is 10. The zero-order valence-corrected chi connectivity index (χ0v) is 42.6. The van der Waals surface area contributed by atoms with Gasteiger partial charge in [-0.05, 0) is 84.4 Å². The number of H-pyrrole nitrogens is 1. The van der Waals surface area contributed by atoms with Crippen LogP contribution in [0.5, 0.6) is 17.2 Å². The molecule has 8 aromatic rings. The first-order chi connectivity index (χ1) is 29.9. The summed E-state index contributed by atoms with van der Waals surface area (Å²) in [6.07, 6.45) is 0. The Morgan fingerprint density at radius 3 is 1.97 bits per heavy atom. The fourth-order valence-electron chi connectivity index (χ4n) is 6.73. The molecule has 0 aliphatic heterocycles. The third-order valence-corrected chi connectivity index (χ3v) is 11.5. The van der Waals surface area contributed by atoms with Gasteiger partial charge in [-0.2, -0.15) is 32.2 Å². The minimum absolute atomic E-state index is 0. The predicted octanol–water partition coefficient (Wildman–Crippen LogP) is -1.65. The first-order valence-corrected chi connectivity index (χ1v) is 21.0. The third kappa shape index (κ3) is 10.5. The molecule has 5 N–H and O–H groups in total. The Kier molecular flexibility index (Phi) is 16.0. The Morgan fingerprint density at radius 2 is 1.30 bits per heavy atom. The number of aromatic amines is 1. The molecular formula is C42H26N7Na3O12S2. The SMILES string of the molecule is Cc1cc(NC(=O)c2ccc(N=Nc3c(S(=O)(=O)O)cc4c(ccc5nc(-c6cccc(N=Nc7cc(S(=O)(=O)O)c8ccccc8c7[O-])c6)[nH]c54)c3[O-])cc2)cc(C(=O)O)c1[O-].[Na+].[Na+].[Na+]. The van der Waals surface area contributed by atoms with Crippen molar-refractivity contribution in [2.24, 2.45) is 20.5 Å². The van der Waals surface area contributed by atoms with Crippen molar-refractivity contribution in [3.8, 4) is 28.6 Å². The van der Waals surface area contributed by atoms with E-state index in [9.17, 15) is 56.0 Å². The molecule has 66 heavy (non-hydrogen) atoms. The molecule has 0 atom stereocenters. The summed E-state index contributed by atoms with van der Waals surface area (Å²) in [5.41, 5.74) is -0.0335. The number of aromatic carboxylic acids is 1. The first kappa shape index (κ1) is 51.9. The number of amides is 1. The standard InChI is InChI=1S/C42H29N7O12S2.3Na/c1-20-15-25(17-30(37(20)50)42(54)55)43-41(53)21-9-11-23(12-10-21)46-49-36-34(63(59,60)61)18-29-28(39(36)52)13-14-31-35(29)45-40(44-31)22-5-4-6-24(16-22)47-48-32-19-33(62(56,57)58)26-7-2-3-8-27(26)38(32)51;;;/h2-19,50-52H,1H3,(H,43,53)(H,44,45)(H,54,55)(H,56,57,58)(H,59,60,61);;;/q;3*+1/p-3. The number of benzene rings is 7. The number of nitrogens with one attached hydrogen (secondary N) is 2. The van der Waals surface area contributed by atoms with E-state index in [1.165, 1.54) is 79.7 Å². The molecule has 0 saturated heterocycles. The maximum absolute atomic E-state index is 13.8. The largest absolute Gasteiger partial charge is 1.00 e. The molecule has 19 nitrogen and oxygen atoms in total. The summed E-state index contributed by atoms with van der Waals surface area (Å²) in [6.45, 7) is 1.41. The molecule has 24 heteroatoms. The number of carboxylic acids is 1. The summed E-state index contributed by atoms with van der Waals surface area (Å²) in [6, 6.07) is 24.7. The normalized spacial score (nSPS) is 11.7. The van der Waals surface area contributed by atoms with Gasteiger partial charge in [-0.25, -0.2) is 9.78 Å². The van der Waals surface area contributed by atoms with Gasteiger partial charge < -0.3 is 30.7 Å². The molecule has 1 amide bonds. The molecule has 0 fully saturated rings. The fourth-order valence-corrected chi connectivity index (χ4v) is 8.09. The van der Waals surface area contributed by atoms with Crippen molar-refractivity contribution in [2.45, 2.75) is 16.7 Å². The van der Waals surface area contributed by atoms with Crippen LogP contribution in [0.25, 0.3) is 44.0 Å². The van der Waals surface area contributed by atoms with E-state index in [-0.39, 0.29) is 155 Å². The van der Waals surface area contributed by atoms with Gasteiger partial charge in [0.05, 0.1) is 39.3 Å². The minimum Gasteiger partial charge on any atom is -0.872 e. The summed E-state index contributed by atoms with van der Waals surface area (Å²) in [5, 5.41) is 66.8. The van der Waals surface area contributed by atoms with Crippen LogP contribution >= 0.6 is 0 Å². The van der Waals surface area contributed by atoms with Crippen LogP contribution in [0.15, 0.2) is 139 Å². The molecule has 0 radical (unpaired) electrons. The van der Waals surface area contributed by atoms with Crippen LogP contribution in [-0.4, -0.2) is 52.9 Å². The Bertz CT molecular complexity index is 3550. The van der Waals surface area contributed by atoms with Gasteiger partial charge in [0.15, 0.2) is 0 Å². The number of carboxylic acid groups (broad SMARTS) is 1. The zero-order valence-electron chi connectivity index (χ0n) is 35.0. The van der Waals surface area contributed by atoms with E-state index in [4.69, 9.17) is 0 Å². The van der Waals surface area contributed by atoms with Gasteiger partial charge >= 0.3 is 94.6 Å². The summed E-state index contributed by atoms with van der Waals surface area (Å²) in [5.74, 6) is -4.07. The van der Waals surface area contributed by atoms with E-state index in [1.807, 2.05) is 0 Å². The van der Waals surface area contributed by atoms with Crippen LogP contribution in [-0.2, 0) is 20.2 Å². The summed E-state index contributed by atoms with van der Waals surface area (Å²) >= 11 is 0. The fraction of sp³-hybridized carbons (Fsp3) is 0.0238. The van der Waals surface area contributed by atoms with Gasteiger partial charge in [0.25, 0.3) is 26.1 Å². The second kappa shape index (κ2) is 20.4. The second-order valence-corrected chi connectivity index (χ2v) is 16.6. The Labute approximate surface area is 440 Å². The van der Waals surface area contributed by atoms with Crippen LogP contribution in [0.3, 0.4) is 0 Å². The van der Waals surface area contributed by atoms with E-state index in [1.54, 1.807) is 18.2 Å². The molecule has 0 aliphatic rings. The average molecular weight is 954 g/mol. The van der Waals surface area contributed by atoms with Crippen LogP contribution in [0.2, 0.25) is 0 Å². The van der Waals surface area contributed by atoms with Gasteiger partial charge in [0, 0.05) is 27.6 Å². The van der Waals surface area contributed by atoms with Crippen LogP contribution in [0.1, 0.15) is 26.3 Å². The van der Waals surface area contributed by atoms with Gasteiger partial charge in [0.1, 0.15) is 15.6 Å². The number of azo groups is 2. The number of hydrogen-bond acceptors (Lipinski definition) is 14. The number of carbonyl (C=O) groups excluding carboxylic acids is 1. The van der Waals surface area contributed by atoms with Crippen molar-refractivity contribution in [3.63, 3.8) is 0 Å². The first-order valence-electron chi connectivity index (χ1n) is 18.1. The molecule has 0 spiro atoms. The number of fused-ring (bicyclic) bond motifs is 4. The van der Waals surface area contributed by atoms with E-state index in [2.05, 4.69) is 35.7 Å². The molecule has 8 rings (SSSR count). The number of aromatic nitrogens is 2. The maximum Gasteiger partial charge on any atom is 1.00 e. The predicted molar refractivity (Wildman–Crippen MR) is 222 cm³/mol. The molecule has 0 unspecified atom stereocenters. The van der Waals surface area contributed by atoms with Gasteiger partial charge in [-0.15, -0.1) is 5.11 Å². The molecule has 0 bridgehead atoms. The van der Waals surface area contributed by atoms with Gasteiger partial charge in [-0.1, -0.05) is 65.3 Å². The summed E-state index contributed by atoms with van der Waals surface area (Å²) in [7, 11) is -9.81. The number of aryl methyl sites for hydroxylation is 1. The molecular weight excluding hydrogens is 928 g/mol. The number of imidazole rings is 1. The Hall–Kier alpha value is -5.11. The Balaban J connectivity index is 0.00000272. The monoisotopic (exact) mass is 953 g/mol. The molecule has 1 aromatic heterocycles. The van der Waals surface area contributed by atoms with Crippen LogP contribution in [0, 0.1) is 6.92 Å². The number of anilines is 1. The third-order valence-electron chi connectivity index (χ3n) is 9.71. The second-order valence-electron chi connectivity index (χ2n) is 13.8. The maximum atomic E-state index is 13.8. The molecule has 1 heterocycles. The van der Waals surface area contributed by atoms with E-state index in [0.29, 0.717) is 11.1 Å².